The fourth-order valence-corrected chi connectivity index (χ4v) is 1.62. The zero-order chi connectivity index (χ0) is 11.7. The van der Waals surface area contributed by atoms with Crippen molar-refractivity contribution in [2.75, 3.05) is 5.73 Å². The molecule has 2 heterocycles. The van der Waals surface area contributed by atoms with E-state index in [0.717, 1.165) is 11.3 Å². The van der Waals surface area contributed by atoms with Crippen LogP contribution >= 0.6 is 0 Å². The summed E-state index contributed by atoms with van der Waals surface area (Å²) in [7, 11) is 0. The maximum atomic E-state index is 5.50. The van der Waals surface area contributed by atoms with Gasteiger partial charge in [0.25, 0.3) is 0 Å². The average molecular weight is 226 g/mol. The summed E-state index contributed by atoms with van der Waals surface area (Å²) in [6.45, 7) is 0. The monoisotopic (exact) mass is 226 g/mol. The topological polar surface area (TPSA) is 69.9 Å². The van der Waals surface area contributed by atoms with Gasteiger partial charge in [-0.05, 0) is 30.3 Å². The number of aromatic nitrogens is 3. The van der Waals surface area contributed by atoms with Gasteiger partial charge in [-0.1, -0.05) is 5.16 Å². The quantitative estimate of drug-likeness (QED) is 0.726. The molecule has 0 saturated heterocycles. The minimum atomic E-state index is 0.385. The van der Waals surface area contributed by atoms with Crippen LogP contribution in [0.5, 0.6) is 0 Å². The molecule has 0 aliphatic carbocycles. The van der Waals surface area contributed by atoms with Crippen LogP contribution in [0.15, 0.2) is 53.3 Å². The molecule has 84 valence electrons. The summed E-state index contributed by atoms with van der Waals surface area (Å²) in [5, 5.41) is 7.80. The van der Waals surface area contributed by atoms with Crippen LogP contribution < -0.4 is 5.73 Å². The van der Waals surface area contributed by atoms with Crippen molar-refractivity contribution in [1.29, 1.82) is 0 Å². The van der Waals surface area contributed by atoms with E-state index in [9.17, 15) is 0 Å². The average Bonchev–Trinajstić information content (AvgIpc) is 3.00. The van der Waals surface area contributed by atoms with Gasteiger partial charge in [0.1, 0.15) is 0 Å². The van der Waals surface area contributed by atoms with Gasteiger partial charge in [0, 0.05) is 24.0 Å². The molecule has 2 aromatic heterocycles. The molecule has 5 heteroatoms. The van der Waals surface area contributed by atoms with E-state index in [0.29, 0.717) is 11.6 Å². The van der Waals surface area contributed by atoms with Gasteiger partial charge in [0.05, 0.1) is 5.69 Å². The molecular formula is C12H10N4O. The van der Waals surface area contributed by atoms with Gasteiger partial charge in [0.2, 0.25) is 0 Å². The van der Waals surface area contributed by atoms with Crippen molar-refractivity contribution in [2.24, 2.45) is 0 Å². The lowest BCUT2D eigenvalue weighted by atomic mass is 10.1. The van der Waals surface area contributed by atoms with Crippen LogP contribution in [0, 0.1) is 0 Å². The Morgan fingerprint density at radius 3 is 2.59 bits per heavy atom. The zero-order valence-electron chi connectivity index (χ0n) is 8.95. The highest BCUT2D eigenvalue weighted by atomic mass is 16.5. The van der Waals surface area contributed by atoms with Crippen LogP contribution in [-0.2, 0) is 0 Å². The van der Waals surface area contributed by atoms with E-state index in [-0.39, 0.29) is 0 Å². The molecule has 0 bridgehead atoms. The van der Waals surface area contributed by atoms with Gasteiger partial charge < -0.3 is 10.3 Å². The molecule has 0 unspecified atom stereocenters. The highest BCUT2D eigenvalue weighted by Gasteiger charge is 2.04. The van der Waals surface area contributed by atoms with Crippen molar-refractivity contribution >= 4 is 5.82 Å². The smallest absolute Gasteiger partial charge is 0.169 e. The Labute approximate surface area is 97.5 Å². The first-order valence-corrected chi connectivity index (χ1v) is 5.15. The lowest BCUT2D eigenvalue weighted by Gasteiger charge is -2.01. The summed E-state index contributed by atoms with van der Waals surface area (Å²) >= 11 is 0. The molecule has 0 atom stereocenters. The van der Waals surface area contributed by atoms with Crippen LogP contribution in [0.3, 0.4) is 0 Å². The van der Waals surface area contributed by atoms with E-state index in [1.807, 2.05) is 36.5 Å². The fourth-order valence-electron chi connectivity index (χ4n) is 1.62. The van der Waals surface area contributed by atoms with Crippen molar-refractivity contribution in [1.82, 2.24) is 14.9 Å². The minimum Gasteiger partial charge on any atom is -0.381 e. The number of nitrogen functional groups attached to an aromatic ring is 1. The summed E-state index contributed by atoms with van der Waals surface area (Å²) < 4.78 is 6.87. The molecule has 0 aliphatic rings. The van der Waals surface area contributed by atoms with E-state index in [1.165, 1.54) is 0 Å². The molecule has 0 amide bonds. The molecule has 3 rings (SSSR count). The third kappa shape index (κ3) is 1.78. The first kappa shape index (κ1) is 9.65. The molecule has 3 aromatic rings. The molecule has 0 radical (unpaired) electrons. The largest absolute Gasteiger partial charge is 0.381 e. The van der Waals surface area contributed by atoms with Crippen LogP contribution in [-0.4, -0.2) is 14.9 Å². The SMILES string of the molecule is Nc1cc(-c2ccc(-n3cccn3)cc2)on1. The van der Waals surface area contributed by atoms with Gasteiger partial charge in [-0.2, -0.15) is 5.10 Å². The normalized spacial score (nSPS) is 10.6. The third-order valence-electron chi connectivity index (χ3n) is 2.45. The van der Waals surface area contributed by atoms with E-state index in [1.54, 1.807) is 16.9 Å². The summed E-state index contributed by atoms with van der Waals surface area (Å²) in [5.74, 6) is 1.05. The molecule has 1 aromatic carbocycles. The molecule has 0 aliphatic heterocycles. The second-order valence-electron chi connectivity index (χ2n) is 3.61. The Balaban J connectivity index is 1.95. The number of rotatable bonds is 2. The second kappa shape index (κ2) is 3.79. The summed E-state index contributed by atoms with van der Waals surface area (Å²) in [4.78, 5) is 0. The van der Waals surface area contributed by atoms with Crippen LogP contribution in [0.4, 0.5) is 5.82 Å². The van der Waals surface area contributed by atoms with E-state index in [2.05, 4.69) is 10.3 Å². The zero-order valence-corrected chi connectivity index (χ0v) is 8.95. The van der Waals surface area contributed by atoms with Gasteiger partial charge in [-0.15, -0.1) is 0 Å². The number of nitrogens with zero attached hydrogens (tertiary/aromatic N) is 3. The molecule has 0 spiro atoms. The molecule has 5 nitrogen and oxygen atoms in total. The van der Waals surface area contributed by atoms with E-state index in [4.69, 9.17) is 10.3 Å². The van der Waals surface area contributed by atoms with Crippen molar-refractivity contribution in [2.45, 2.75) is 0 Å². The highest BCUT2D eigenvalue weighted by molar-refractivity contribution is 5.61. The minimum absolute atomic E-state index is 0.385. The molecule has 2 N–H and O–H groups in total. The van der Waals surface area contributed by atoms with Crippen LogP contribution in [0.1, 0.15) is 0 Å². The van der Waals surface area contributed by atoms with Gasteiger partial charge >= 0.3 is 0 Å². The standard InChI is InChI=1S/C12H10N4O/c13-12-8-11(17-15-12)9-2-4-10(5-3-9)16-7-1-6-14-16/h1-8H,(H2,13,15). The molecule has 17 heavy (non-hydrogen) atoms. The van der Waals surface area contributed by atoms with Crippen molar-refractivity contribution < 1.29 is 4.52 Å². The predicted octanol–water partition coefficient (Wildman–Crippen LogP) is 2.11. The van der Waals surface area contributed by atoms with Crippen LogP contribution in [0.2, 0.25) is 0 Å². The third-order valence-corrected chi connectivity index (χ3v) is 2.45. The van der Waals surface area contributed by atoms with Crippen molar-refractivity contribution in [3.8, 4) is 17.0 Å². The lowest BCUT2D eigenvalue weighted by molar-refractivity contribution is 0.436. The van der Waals surface area contributed by atoms with Crippen molar-refractivity contribution in [3.63, 3.8) is 0 Å². The summed E-state index contributed by atoms with van der Waals surface area (Å²) in [6, 6.07) is 11.4. The number of nitrogens with two attached hydrogens (primary N) is 1. The van der Waals surface area contributed by atoms with Gasteiger partial charge in [-0.25, -0.2) is 4.68 Å². The Kier molecular flexibility index (Phi) is 2.15. The molecule has 0 saturated carbocycles. The first-order chi connectivity index (χ1) is 8.33. The first-order valence-electron chi connectivity index (χ1n) is 5.15. The summed E-state index contributed by atoms with van der Waals surface area (Å²) in [5.41, 5.74) is 7.43. The maximum absolute atomic E-state index is 5.50. The highest BCUT2D eigenvalue weighted by Crippen LogP contribution is 2.22. The van der Waals surface area contributed by atoms with Crippen molar-refractivity contribution in [3.05, 3.63) is 48.8 Å². The summed E-state index contributed by atoms with van der Waals surface area (Å²) in [6.07, 6.45) is 3.63. The van der Waals surface area contributed by atoms with Crippen LogP contribution in [0.25, 0.3) is 17.0 Å². The molecular weight excluding hydrogens is 216 g/mol. The van der Waals surface area contributed by atoms with E-state index < -0.39 is 0 Å². The Morgan fingerprint density at radius 2 is 2.00 bits per heavy atom. The number of anilines is 1. The Hall–Kier alpha value is -2.56. The van der Waals surface area contributed by atoms with E-state index >= 15 is 0 Å². The van der Waals surface area contributed by atoms with Gasteiger partial charge in [0.15, 0.2) is 11.6 Å². The molecule has 0 fully saturated rings. The Morgan fingerprint density at radius 1 is 1.18 bits per heavy atom. The van der Waals surface area contributed by atoms with Gasteiger partial charge in [-0.3, -0.25) is 0 Å². The Bertz CT molecular complexity index is 610. The number of hydrogen-bond donors (Lipinski definition) is 1. The fraction of sp³-hybridized carbons (Fsp3) is 0. The maximum Gasteiger partial charge on any atom is 0.169 e. The number of hydrogen-bond acceptors (Lipinski definition) is 4. The predicted molar refractivity (Wildman–Crippen MR) is 63.5 cm³/mol. The lowest BCUT2D eigenvalue weighted by Crippen LogP contribution is -1.93. The second-order valence-corrected chi connectivity index (χ2v) is 3.61. The number of benzene rings is 1.